The fraction of sp³-hybridized carbons (Fsp3) is 0.955. The first-order valence-corrected chi connectivity index (χ1v) is 11.0. The van der Waals surface area contributed by atoms with Crippen LogP contribution in [0.5, 0.6) is 0 Å². The molecule has 5 heteroatoms. The molecule has 4 aliphatic carbocycles. The number of fused-ring (bicyclic) bond motifs is 3. The molecule has 4 fully saturated rings. The van der Waals surface area contributed by atoms with Gasteiger partial charge in [0.05, 0.1) is 17.6 Å². The smallest absolute Gasteiger partial charge is 0.302 e. The van der Waals surface area contributed by atoms with Crippen LogP contribution in [-0.4, -0.2) is 39.9 Å². The summed E-state index contributed by atoms with van der Waals surface area (Å²) in [6.45, 7) is 10.4. The Morgan fingerprint density at radius 2 is 1.74 bits per heavy atom. The van der Waals surface area contributed by atoms with Gasteiger partial charge in [-0.15, -0.1) is 11.6 Å². The van der Waals surface area contributed by atoms with Gasteiger partial charge in [-0.1, -0.05) is 27.7 Å². The van der Waals surface area contributed by atoms with Gasteiger partial charge in [-0.25, -0.2) is 0 Å². The van der Waals surface area contributed by atoms with Gasteiger partial charge >= 0.3 is 5.97 Å². The zero-order chi connectivity index (χ0) is 20.0. The van der Waals surface area contributed by atoms with Crippen LogP contribution in [0.3, 0.4) is 0 Å². The van der Waals surface area contributed by atoms with Crippen LogP contribution in [0, 0.1) is 33.5 Å². The molecular weight excluding hydrogens is 364 g/mol. The minimum absolute atomic E-state index is 0.106. The van der Waals surface area contributed by atoms with E-state index in [1.165, 1.54) is 6.92 Å². The van der Waals surface area contributed by atoms with Gasteiger partial charge in [-0.3, -0.25) is 4.79 Å². The number of aliphatic hydroxyl groups is 2. The highest BCUT2D eigenvalue weighted by Crippen LogP contribution is 2.74. The third kappa shape index (κ3) is 2.39. The fourth-order valence-electron chi connectivity index (χ4n) is 8.23. The summed E-state index contributed by atoms with van der Waals surface area (Å²) in [7, 11) is 0. The lowest BCUT2D eigenvalue weighted by molar-refractivity contribution is -0.235. The Morgan fingerprint density at radius 3 is 2.37 bits per heavy atom. The second-order valence-corrected chi connectivity index (χ2v) is 11.6. The summed E-state index contributed by atoms with van der Waals surface area (Å²) < 4.78 is 5.90. The molecule has 0 aliphatic heterocycles. The maximum Gasteiger partial charge on any atom is 0.302 e. The van der Waals surface area contributed by atoms with Gasteiger partial charge in [-0.05, 0) is 55.8 Å². The summed E-state index contributed by atoms with van der Waals surface area (Å²) in [5.41, 5.74) is -0.822. The third-order valence-electron chi connectivity index (χ3n) is 9.52. The Hall–Kier alpha value is -0.320. The molecule has 0 amide bonds. The number of rotatable bonds is 1. The van der Waals surface area contributed by atoms with Crippen LogP contribution >= 0.6 is 11.6 Å². The zero-order valence-electron chi connectivity index (χ0n) is 17.3. The second kappa shape index (κ2) is 5.86. The van der Waals surface area contributed by atoms with Crippen LogP contribution in [0.15, 0.2) is 0 Å². The maximum absolute atomic E-state index is 11.9. The van der Waals surface area contributed by atoms with Crippen LogP contribution in [0.2, 0.25) is 0 Å². The van der Waals surface area contributed by atoms with Crippen molar-refractivity contribution < 1.29 is 19.7 Å². The molecule has 0 saturated heterocycles. The number of alkyl halides is 1. The number of hydrogen-bond acceptors (Lipinski definition) is 4. The molecule has 0 aromatic heterocycles. The van der Waals surface area contributed by atoms with E-state index < -0.39 is 23.0 Å². The molecule has 0 radical (unpaired) electrons. The monoisotopic (exact) mass is 398 g/mol. The number of ether oxygens (including phenoxy) is 1. The van der Waals surface area contributed by atoms with E-state index in [-0.39, 0.29) is 34.2 Å². The van der Waals surface area contributed by atoms with Crippen molar-refractivity contribution in [3.63, 3.8) is 0 Å². The first kappa shape index (κ1) is 20.0. The highest BCUT2D eigenvalue weighted by Gasteiger charge is 2.74. The van der Waals surface area contributed by atoms with E-state index in [2.05, 4.69) is 20.8 Å². The first-order chi connectivity index (χ1) is 12.4. The molecule has 4 nitrogen and oxygen atoms in total. The molecule has 2 N–H and O–H groups in total. The second-order valence-electron chi connectivity index (χ2n) is 11.1. The molecule has 0 heterocycles. The summed E-state index contributed by atoms with van der Waals surface area (Å²) in [6.07, 6.45) is 3.93. The number of aliphatic hydroxyl groups excluding tert-OH is 2. The van der Waals surface area contributed by atoms with E-state index in [0.717, 1.165) is 32.1 Å². The number of esters is 1. The van der Waals surface area contributed by atoms with Gasteiger partial charge in [0.1, 0.15) is 6.10 Å². The summed E-state index contributed by atoms with van der Waals surface area (Å²) in [4.78, 5) is 11.9. The van der Waals surface area contributed by atoms with Crippen LogP contribution in [0.25, 0.3) is 0 Å². The van der Waals surface area contributed by atoms with Crippen LogP contribution in [0.1, 0.15) is 73.1 Å². The van der Waals surface area contributed by atoms with Crippen LogP contribution < -0.4 is 0 Å². The molecule has 0 aromatic carbocycles. The van der Waals surface area contributed by atoms with Crippen LogP contribution in [0.4, 0.5) is 0 Å². The Balaban J connectivity index is 1.83. The summed E-state index contributed by atoms with van der Waals surface area (Å²) >= 11 is 6.72. The molecule has 4 aliphatic rings. The average molecular weight is 399 g/mol. The van der Waals surface area contributed by atoms with Crippen LogP contribution in [-0.2, 0) is 9.53 Å². The lowest BCUT2D eigenvalue weighted by atomic mass is 9.39. The number of carbonyl (C=O) groups excluding carboxylic acids is 1. The summed E-state index contributed by atoms with van der Waals surface area (Å²) in [5.74, 6) is 0.272. The van der Waals surface area contributed by atoms with Crippen molar-refractivity contribution in [1.29, 1.82) is 0 Å². The minimum atomic E-state index is -0.618. The van der Waals surface area contributed by atoms with Crippen molar-refractivity contribution in [2.45, 2.75) is 96.8 Å². The highest BCUT2D eigenvalue weighted by molar-refractivity contribution is 6.22. The predicted octanol–water partition coefficient (Wildman–Crippen LogP) is 3.90. The standard InChI is InChI=1S/C22H35ClO4/c1-12(24)27-16-7-8-19(2,3)13-6-9-22-11-20(4,17(23)18(22)26)15(25)10-14(22)21(13,16)5/h13-18,25-26H,6-11H2,1-5H3/t13-,14+,15-,16+,17+,18-,20-,21-,22+/m1/s1. The van der Waals surface area contributed by atoms with E-state index >= 15 is 0 Å². The molecule has 9 atom stereocenters. The number of carbonyl (C=O) groups is 1. The highest BCUT2D eigenvalue weighted by atomic mass is 35.5. The van der Waals surface area contributed by atoms with Crippen molar-refractivity contribution in [3.8, 4) is 0 Å². The molecule has 1 spiro atoms. The average Bonchev–Trinajstić information content (AvgIpc) is 2.73. The van der Waals surface area contributed by atoms with E-state index in [1.807, 2.05) is 6.92 Å². The van der Waals surface area contributed by atoms with Gasteiger partial charge < -0.3 is 14.9 Å². The molecule has 0 unspecified atom stereocenters. The SMILES string of the molecule is CC(=O)O[C@H]1CCC(C)(C)[C@H]2CC[C@]34C[C@](C)([C@H](O)C[C@H]3[C@]12C)[C@@H](Cl)[C@H]4O. The first-order valence-electron chi connectivity index (χ1n) is 10.6. The van der Waals surface area contributed by atoms with Gasteiger partial charge in [0, 0.05) is 23.2 Å². The van der Waals surface area contributed by atoms with Crippen molar-refractivity contribution in [1.82, 2.24) is 0 Å². The zero-order valence-corrected chi connectivity index (χ0v) is 18.1. The van der Waals surface area contributed by atoms with Gasteiger partial charge in [0.15, 0.2) is 0 Å². The maximum atomic E-state index is 11.9. The van der Waals surface area contributed by atoms with Crippen molar-refractivity contribution in [3.05, 3.63) is 0 Å². The lowest BCUT2D eigenvalue weighted by Crippen LogP contribution is -2.65. The quantitative estimate of drug-likeness (QED) is 0.519. The summed E-state index contributed by atoms with van der Waals surface area (Å²) in [6, 6.07) is 0. The molecule has 4 saturated carbocycles. The molecule has 154 valence electrons. The van der Waals surface area contributed by atoms with Crippen molar-refractivity contribution in [2.75, 3.05) is 0 Å². The number of hydrogen-bond donors (Lipinski definition) is 2. The van der Waals surface area contributed by atoms with Gasteiger partial charge in [0.25, 0.3) is 0 Å². The number of halogens is 1. The Kier molecular flexibility index (Phi) is 4.33. The molecule has 4 rings (SSSR count). The van der Waals surface area contributed by atoms with E-state index in [0.29, 0.717) is 12.3 Å². The lowest BCUT2D eigenvalue weighted by Gasteiger charge is -2.66. The molecular formula is C22H35ClO4. The molecule has 0 aromatic rings. The molecule has 2 bridgehead atoms. The largest absolute Gasteiger partial charge is 0.462 e. The topological polar surface area (TPSA) is 66.8 Å². The third-order valence-corrected chi connectivity index (χ3v) is 10.3. The normalized spacial score (nSPS) is 56.1. The Bertz CT molecular complexity index is 650. The minimum Gasteiger partial charge on any atom is -0.462 e. The predicted molar refractivity (Wildman–Crippen MR) is 104 cm³/mol. The Labute approximate surface area is 168 Å². The van der Waals surface area contributed by atoms with Gasteiger partial charge in [-0.2, -0.15) is 0 Å². The van der Waals surface area contributed by atoms with Crippen molar-refractivity contribution in [2.24, 2.45) is 33.5 Å². The molecule has 27 heavy (non-hydrogen) atoms. The van der Waals surface area contributed by atoms with E-state index in [9.17, 15) is 15.0 Å². The Morgan fingerprint density at radius 1 is 1.07 bits per heavy atom. The van der Waals surface area contributed by atoms with Crippen molar-refractivity contribution >= 4 is 17.6 Å². The van der Waals surface area contributed by atoms with E-state index in [4.69, 9.17) is 16.3 Å². The van der Waals surface area contributed by atoms with E-state index in [1.54, 1.807) is 0 Å². The van der Waals surface area contributed by atoms with Gasteiger partial charge in [0.2, 0.25) is 0 Å². The summed E-state index contributed by atoms with van der Waals surface area (Å²) in [5, 5.41) is 21.9. The fourth-order valence-corrected chi connectivity index (χ4v) is 8.70.